The Morgan fingerprint density at radius 1 is 1.33 bits per heavy atom. The number of rotatable bonds is 2. The Hall–Kier alpha value is -0.580. The van der Waals surface area contributed by atoms with E-state index in [1.54, 1.807) is 16.6 Å². The van der Waals surface area contributed by atoms with Crippen molar-refractivity contribution in [1.29, 1.82) is 0 Å². The molecule has 1 unspecified atom stereocenters. The maximum atomic E-state index is 11.1. The highest BCUT2D eigenvalue weighted by molar-refractivity contribution is 7.72. The quantitative estimate of drug-likeness (QED) is 0.639. The van der Waals surface area contributed by atoms with Crippen molar-refractivity contribution in [3.8, 4) is 0 Å². The topological polar surface area (TPSA) is 37.4 Å². The summed E-state index contributed by atoms with van der Waals surface area (Å²) < 4.78 is 23.8. The Balaban J connectivity index is 2.42. The van der Waals surface area contributed by atoms with Gasteiger partial charge in [0.15, 0.2) is 10.7 Å². The molecule has 1 aromatic carbocycles. The first-order valence-electron chi connectivity index (χ1n) is 4.86. The van der Waals surface area contributed by atoms with Gasteiger partial charge in [0.05, 0.1) is 10.9 Å². The van der Waals surface area contributed by atoms with E-state index in [0.29, 0.717) is 4.90 Å². The average Bonchev–Trinajstić information content (AvgIpc) is 2.64. The van der Waals surface area contributed by atoms with Crippen molar-refractivity contribution in [1.82, 2.24) is 4.42 Å². The Morgan fingerprint density at radius 3 is 2.67 bits per heavy atom. The Labute approximate surface area is 95.7 Å². The van der Waals surface area contributed by atoms with Crippen LogP contribution in [0.3, 0.4) is 0 Å². The van der Waals surface area contributed by atoms with Crippen LogP contribution in [0.1, 0.15) is 24.4 Å². The van der Waals surface area contributed by atoms with Crippen LogP contribution in [0.15, 0.2) is 29.2 Å². The highest BCUT2D eigenvalue weighted by Crippen LogP contribution is 2.35. The zero-order valence-corrected chi connectivity index (χ0v) is 9.75. The number of hydrogen-bond donors (Lipinski definition) is 1. The van der Waals surface area contributed by atoms with Crippen molar-refractivity contribution in [3.63, 3.8) is 0 Å². The second kappa shape index (κ2) is 4.51. The van der Waals surface area contributed by atoms with Gasteiger partial charge < -0.3 is 0 Å². The minimum atomic E-state index is -2.54. The molecule has 0 aliphatic carbocycles. The molecule has 5 heteroatoms. The molecule has 0 saturated carbocycles. The van der Waals surface area contributed by atoms with Crippen LogP contribution in [-0.4, -0.2) is 19.4 Å². The average molecular weight is 246 g/mol. The monoisotopic (exact) mass is 245 g/mol. The number of nitrogens with zero attached hydrogens (tertiary/aromatic N) is 1. The van der Waals surface area contributed by atoms with Crippen LogP contribution in [0, 0.1) is 0 Å². The first-order chi connectivity index (χ1) is 7.20. The molecular formula is C10H12ClNO2S. The predicted octanol–water partition coefficient (Wildman–Crippen LogP) is 1.95. The van der Waals surface area contributed by atoms with E-state index in [1.807, 2.05) is 12.1 Å². The van der Waals surface area contributed by atoms with Crippen molar-refractivity contribution >= 4 is 22.5 Å². The SMILES string of the molecule is O=[SH](=O)c1ccccc1C1CCCN1Cl. The fourth-order valence-corrected chi connectivity index (χ4v) is 2.94. The summed E-state index contributed by atoms with van der Waals surface area (Å²) in [6.45, 7) is 0.816. The van der Waals surface area contributed by atoms with Gasteiger partial charge in [-0.3, -0.25) is 0 Å². The predicted molar refractivity (Wildman–Crippen MR) is 59.6 cm³/mol. The molecule has 1 aromatic rings. The van der Waals surface area contributed by atoms with Crippen LogP contribution < -0.4 is 0 Å². The molecule has 15 heavy (non-hydrogen) atoms. The maximum absolute atomic E-state index is 11.1. The summed E-state index contributed by atoms with van der Waals surface area (Å²) >= 11 is 6.03. The summed E-state index contributed by atoms with van der Waals surface area (Å²) in [6, 6.07) is 7.09. The molecule has 1 fully saturated rings. The van der Waals surface area contributed by atoms with Crippen LogP contribution in [0.5, 0.6) is 0 Å². The van der Waals surface area contributed by atoms with Gasteiger partial charge >= 0.3 is 0 Å². The Kier molecular flexibility index (Phi) is 3.29. The van der Waals surface area contributed by atoms with Gasteiger partial charge in [0.1, 0.15) is 0 Å². The van der Waals surface area contributed by atoms with E-state index in [0.717, 1.165) is 24.9 Å². The van der Waals surface area contributed by atoms with E-state index in [2.05, 4.69) is 0 Å². The summed E-state index contributed by atoms with van der Waals surface area (Å²) in [7, 11) is -2.54. The van der Waals surface area contributed by atoms with Crippen molar-refractivity contribution in [2.24, 2.45) is 0 Å². The zero-order valence-electron chi connectivity index (χ0n) is 8.10. The van der Waals surface area contributed by atoms with Crippen molar-refractivity contribution in [3.05, 3.63) is 29.8 Å². The van der Waals surface area contributed by atoms with E-state index < -0.39 is 10.7 Å². The third-order valence-corrected chi connectivity index (χ3v) is 3.89. The minimum Gasteiger partial charge on any atom is -0.227 e. The molecule has 0 aromatic heterocycles. The minimum absolute atomic E-state index is 0.0377. The normalized spacial score (nSPS) is 22.4. The van der Waals surface area contributed by atoms with Gasteiger partial charge in [0.2, 0.25) is 0 Å². The first kappa shape index (κ1) is 10.9. The van der Waals surface area contributed by atoms with Crippen LogP contribution in [0.4, 0.5) is 0 Å². The summed E-state index contributed by atoms with van der Waals surface area (Å²) in [5.41, 5.74) is 0.820. The van der Waals surface area contributed by atoms with E-state index in [9.17, 15) is 8.42 Å². The number of benzene rings is 1. The van der Waals surface area contributed by atoms with Crippen LogP contribution in [0.25, 0.3) is 0 Å². The Morgan fingerprint density at radius 2 is 2.07 bits per heavy atom. The second-order valence-electron chi connectivity index (χ2n) is 3.60. The molecule has 0 N–H and O–H groups in total. The smallest absolute Gasteiger partial charge is 0.168 e. The summed E-state index contributed by atoms with van der Waals surface area (Å²) in [4.78, 5) is 0.394. The summed E-state index contributed by atoms with van der Waals surface area (Å²) in [5, 5.41) is 0. The standard InChI is InChI=1S/C10H12ClNO2S/c11-12-7-3-5-9(12)8-4-1-2-6-10(8)15(13)14/h1-2,4,6,9,15H,3,5,7H2. The van der Waals surface area contributed by atoms with Gasteiger partial charge in [0.25, 0.3) is 0 Å². The lowest BCUT2D eigenvalue weighted by Crippen LogP contribution is -2.12. The zero-order chi connectivity index (χ0) is 10.8. The molecule has 3 nitrogen and oxygen atoms in total. The third kappa shape index (κ3) is 2.17. The second-order valence-corrected chi connectivity index (χ2v) is 5.03. The van der Waals surface area contributed by atoms with Gasteiger partial charge in [-0.05, 0) is 36.2 Å². The highest BCUT2D eigenvalue weighted by Gasteiger charge is 2.26. The van der Waals surface area contributed by atoms with Crippen molar-refractivity contribution in [2.75, 3.05) is 6.54 Å². The molecule has 0 bridgehead atoms. The maximum Gasteiger partial charge on any atom is 0.168 e. The van der Waals surface area contributed by atoms with Crippen LogP contribution in [0.2, 0.25) is 0 Å². The van der Waals surface area contributed by atoms with Crippen molar-refractivity contribution in [2.45, 2.75) is 23.8 Å². The van der Waals surface area contributed by atoms with E-state index >= 15 is 0 Å². The fourth-order valence-electron chi connectivity index (χ4n) is 1.97. The molecule has 1 aliphatic heterocycles. The van der Waals surface area contributed by atoms with Gasteiger partial charge in [-0.2, -0.15) is 0 Å². The number of halogens is 1. The Bertz CT molecular complexity index is 425. The van der Waals surface area contributed by atoms with Crippen molar-refractivity contribution < 1.29 is 8.42 Å². The molecule has 1 aliphatic rings. The summed E-state index contributed by atoms with van der Waals surface area (Å²) in [5.74, 6) is 0. The van der Waals surface area contributed by atoms with E-state index in [1.165, 1.54) is 0 Å². The fraction of sp³-hybridized carbons (Fsp3) is 0.400. The van der Waals surface area contributed by atoms with Crippen LogP contribution >= 0.6 is 11.8 Å². The van der Waals surface area contributed by atoms with E-state index in [-0.39, 0.29) is 6.04 Å². The molecule has 0 spiro atoms. The third-order valence-electron chi connectivity index (χ3n) is 2.68. The number of hydrogen-bond acceptors (Lipinski definition) is 3. The molecule has 0 radical (unpaired) electrons. The molecule has 1 heterocycles. The highest BCUT2D eigenvalue weighted by atomic mass is 35.5. The lowest BCUT2D eigenvalue weighted by atomic mass is 10.1. The summed E-state index contributed by atoms with van der Waals surface area (Å²) in [6.07, 6.45) is 1.93. The molecule has 82 valence electrons. The van der Waals surface area contributed by atoms with Gasteiger partial charge in [-0.15, -0.1) is 0 Å². The van der Waals surface area contributed by atoms with Gasteiger partial charge in [-0.1, -0.05) is 18.2 Å². The lowest BCUT2D eigenvalue weighted by Gasteiger charge is -2.18. The molecule has 0 amide bonds. The number of thiol groups is 1. The molecular weight excluding hydrogens is 234 g/mol. The van der Waals surface area contributed by atoms with Gasteiger partial charge in [0, 0.05) is 6.54 Å². The van der Waals surface area contributed by atoms with Crippen LogP contribution in [-0.2, 0) is 10.7 Å². The molecule has 1 atom stereocenters. The van der Waals surface area contributed by atoms with Gasteiger partial charge in [-0.25, -0.2) is 12.8 Å². The van der Waals surface area contributed by atoms with E-state index in [4.69, 9.17) is 11.8 Å². The molecule has 2 rings (SSSR count). The molecule has 1 saturated heterocycles. The largest absolute Gasteiger partial charge is 0.227 e. The first-order valence-corrected chi connectivity index (χ1v) is 6.37. The lowest BCUT2D eigenvalue weighted by molar-refractivity contribution is 0.430.